The Bertz CT molecular complexity index is 1020. The number of benzene rings is 2. The first-order valence-corrected chi connectivity index (χ1v) is 11.7. The third-order valence-corrected chi connectivity index (χ3v) is 6.60. The van der Waals surface area contributed by atoms with Gasteiger partial charge in [-0.2, -0.15) is 0 Å². The molecule has 1 N–H and O–H groups in total. The number of aliphatic hydroxyl groups excluding tert-OH is 1. The van der Waals surface area contributed by atoms with Crippen LogP contribution in [-0.2, 0) is 14.3 Å². The fraction of sp³-hybridized carbons (Fsp3) is 0.333. The zero-order valence-corrected chi connectivity index (χ0v) is 19.8. The molecule has 32 heavy (non-hydrogen) atoms. The first-order chi connectivity index (χ1) is 15.5. The lowest BCUT2D eigenvalue weighted by molar-refractivity contribution is -0.140. The number of morpholine rings is 1. The summed E-state index contributed by atoms with van der Waals surface area (Å²) in [6.45, 7) is 4.39. The Morgan fingerprint density at radius 3 is 2.34 bits per heavy atom. The lowest BCUT2D eigenvalue weighted by Gasteiger charge is -2.29. The standard InChI is InChI=1S/C24H24BrClN2O4/c25-18-6-2-16(3-7-18)21-20(22(29)17-4-8-19(26)9-5-17)23(30)24(31)28(21)11-1-10-27-12-14-32-15-13-27/h2-9,21,29H,1,10-15H2/b22-20-. The largest absolute Gasteiger partial charge is 0.507 e. The molecule has 0 spiro atoms. The van der Waals surface area contributed by atoms with Gasteiger partial charge in [-0.15, -0.1) is 0 Å². The predicted molar refractivity (Wildman–Crippen MR) is 126 cm³/mol. The number of carbonyl (C=O) groups is 2. The maximum Gasteiger partial charge on any atom is 0.295 e. The van der Waals surface area contributed by atoms with Gasteiger partial charge in [0.25, 0.3) is 11.7 Å². The van der Waals surface area contributed by atoms with Gasteiger partial charge >= 0.3 is 0 Å². The predicted octanol–water partition coefficient (Wildman–Crippen LogP) is 4.25. The molecule has 168 valence electrons. The van der Waals surface area contributed by atoms with Crippen molar-refractivity contribution < 1.29 is 19.4 Å². The van der Waals surface area contributed by atoms with Gasteiger partial charge in [-0.25, -0.2) is 0 Å². The van der Waals surface area contributed by atoms with Crippen LogP contribution in [0.25, 0.3) is 5.76 Å². The highest BCUT2D eigenvalue weighted by molar-refractivity contribution is 9.10. The van der Waals surface area contributed by atoms with E-state index in [0.29, 0.717) is 30.3 Å². The van der Waals surface area contributed by atoms with Crippen molar-refractivity contribution in [1.29, 1.82) is 0 Å². The highest BCUT2D eigenvalue weighted by Gasteiger charge is 2.45. The van der Waals surface area contributed by atoms with E-state index in [9.17, 15) is 14.7 Å². The summed E-state index contributed by atoms with van der Waals surface area (Å²) in [5.41, 5.74) is 1.32. The zero-order chi connectivity index (χ0) is 22.7. The van der Waals surface area contributed by atoms with Crippen LogP contribution in [-0.4, -0.2) is 66.0 Å². The van der Waals surface area contributed by atoms with Crippen LogP contribution in [0.1, 0.15) is 23.6 Å². The molecule has 1 amide bonds. The van der Waals surface area contributed by atoms with E-state index in [1.54, 1.807) is 29.2 Å². The van der Waals surface area contributed by atoms with E-state index < -0.39 is 17.7 Å². The maximum absolute atomic E-state index is 13.0. The van der Waals surface area contributed by atoms with Gasteiger partial charge in [0, 0.05) is 41.2 Å². The molecule has 1 unspecified atom stereocenters. The van der Waals surface area contributed by atoms with Crippen LogP contribution in [0.3, 0.4) is 0 Å². The molecule has 2 aliphatic heterocycles. The van der Waals surface area contributed by atoms with Crippen molar-refractivity contribution in [3.63, 3.8) is 0 Å². The summed E-state index contributed by atoms with van der Waals surface area (Å²) in [5.74, 6) is -1.45. The summed E-state index contributed by atoms with van der Waals surface area (Å²) < 4.78 is 6.28. The second-order valence-electron chi connectivity index (χ2n) is 7.86. The minimum Gasteiger partial charge on any atom is -0.507 e. The normalized spacial score (nSPS) is 21.3. The fourth-order valence-electron chi connectivity index (χ4n) is 4.15. The first-order valence-electron chi connectivity index (χ1n) is 10.6. The molecule has 0 bridgehead atoms. The molecule has 2 aliphatic rings. The number of carbonyl (C=O) groups excluding carboxylic acids is 2. The van der Waals surface area contributed by atoms with E-state index in [4.69, 9.17) is 16.3 Å². The Balaban J connectivity index is 1.66. The molecule has 0 aliphatic carbocycles. The molecular formula is C24H24BrClN2O4. The molecule has 2 heterocycles. The average molecular weight is 520 g/mol. The summed E-state index contributed by atoms with van der Waals surface area (Å²) in [5, 5.41) is 11.6. The van der Waals surface area contributed by atoms with Crippen molar-refractivity contribution >= 4 is 45.0 Å². The van der Waals surface area contributed by atoms with E-state index in [2.05, 4.69) is 20.8 Å². The Hall–Kier alpha value is -2.19. The fourth-order valence-corrected chi connectivity index (χ4v) is 4.55. The molecule has 1 atom stereocenters. The third-order valence-electron chi connectivity index (χ3n) is 5.82. The van der Waals surface area contributed by atoms with Crippen LogP contribution in [0.2, 0.25) is 5.02 Å². The Kier molecular flexibility index (Phi) is 7.30. The molecule has 0 aromatic heterocycles. The number of ether oxygens (including phenoxy) is 1. The van der Waals surface area contributed by atoms with Gasteiger partial charge in [0.05, 0.1) is 24.8 Å². The van der Waals surface area contributed by atoms with Crippen molar-refractivity contribution in [1.82, 2.24) is 9.80 Å². The van der Waals surface area contributed by atoms with Gasteiger partial charge in [-0.3, -0.25) is 14.5 Å². The van der Waals surface area contributed by atoms with Gasteiger partial charge in [0.2, 0.25) is 0 Å². The average Bonchev–Trinajstić information content (AvgIpc) is 3.05. The van der Waals surface area contributed by atoms with Crippen molar-refractivity contribution in [2.75, 3.05) is 39.4 Å². The van der Waals surface area contributed by atoms with E-state index in [1.807, 2.05) is 24.3 Å². The van der Waals surface area contributed by atoms with Gasteiger partial charge in [-0.05, 0) is 48.4 Å². The van der Waals surface area contributed by atoms with Gasteiger partial charge < -0.3 is 14.7 Å². The number of rotatable bonds is 6. The molecule has 2 aromatic rings. The van der Waals surface area contributed by atoms with Crippen molar-refractivity contribution in [2.45, 2.75) is 12.5 Å². The zero-order valence-electron chi connectivity index (χ0n) is 17.5. The molecule has 2 fully saturated rings. The minimum absolute atomic E-state index is 0.103. The number of aliphatic hydroxyl groups is 1. The van der Waals surface area contributed by atoms with Crippen LogP contribution in [0.15, 0.2) is 58.6 Å². The smallest absolute Gasteiger partial charge is 0.295 e. The highest BCUT2D eigenvalue weighted by Crippen LogP contribution is 2.39. The number of hydrogen-bond acceptors (Lipinski definition) is 5. The van der Waals surface area contributed by atoms with Crippen LogP contribution in [0, 0.1) is 0 Å². The lowest BCUT2D eigenvalue weighted by atomic mass is 9.95. The second-order valence-corrected chi connectivity index (χ2v) is 9.21. The quantitative estimate of drug-likeness (QED) is 0.351. The molecule has 2 aromatic carbocycles. The topological polar surface area (TPSA) is 70.1 Å². The van der Waals surface area contributed by atoms with Crippen LogP contribution in [0.5, 0.6) is 0 Å². The Morgan fingerprint density at radius 2 is 1.69 bits per heavy atom. The number of likely N-dealkylation sites (tertiary alicyclic amines) is 1. The van der Waals surface area contributed by atoms with Crippen LogP contribution < -0.4 is 0 Å². The first kappa shape index (κ1) is 23.0. The molecule has 0 radical (unpaired) electrons. The molecule has 0 saturated carbocycles. The van der Waals surface area contributed by atoms with Gasteiger partial charge in [0.1, 0.15) is 5.76 Å². The Labute approximate surface area is 200 Å². The van der Waals surface area contributed by atoms with Crippen molar-refractivity contribution in [3.05, 3.63) is 74.7 Å². The summed E-state index contributed by atoms with van der Waals surface area (Å²) in [7, 11) is 0. The highest BCUT2D eigenvalue weighted by atomic mass is 79.9. The number of amides is 1. The van der Waals surface area contributed by atoms with E-state index >= 15 is 0 Å². The van der Waals surface area contributed by atoms with E-state index in [0.717, 1.165) is 36.1 Å². The van der Waals surface area contributed by atoms with Crippen molar-refractivity contribution in [3.8, 4) is 0 Å². The van der Waals surface area contributed by atoms with Crippen LogP contribution >= 0.6 is 27.5 Å². The third kappa shape index (κ3) is 4.91. The van der Waals surface area contributed by atoms with Crippen molar-refractivity contribution in [2.24, 2.45) is 0 Å². The lowest BCUT2D eigenvalue weighted by Crippen LogP contribution is -2.38. The van der Waals surface area contributed by atoms with Gasteiger partial charge in [0.15, 0.2) is 0 Å². The Morgan fingerprint density at radius 1 is 1.03 bits per heavy atom. The summed E-state index contributed by atoms with van der Waals surface area (Å²) in [4.78, 5) is 29.9. The summed E-state index contributed by atoms with van der Waals surface area (Å²) in [6.07, 6.45) is 0.723. The monoisotopic (exact) mass is 518 g/mol. The van der Waals surface area contributed by atoms with Crippen LogP contribution in [0.4, 0.5) is 0 Å². The summed E-state index contributed by atoms with van der Waals surface area (Å²) >= 11 is 9.40. The maximum atomic E-state index is 13.0. The minimum atomic E-state index is -0.670. The molecule has 4 rings (SSSR count). The molecule has 2 saturated heterocycles. The second kappa shape index (κ2) is 10.2. The molecular weight excluding hydrogens is 496 g/mol. The summed E-state index contributed by atoms with van der Waals surface area (Å²) in [6, 6.07) is 13.4. The number of nitrogens with zero attached hydrogens (tertiary/aromatic N) is 2. The molecule has 8 heteroatoms. The number of Topliss-reactive ketones (excluding diaryl/α,β-unsaturated/α-hetero) is 1. The number of hydrogen-bond donors (Lipinski definition) is 1. The number of ketones is 1. The van der Waals surface area contributed by atoms with E-state index in [1.165, 1.54) is 0 Å². The van der Waals surface area contributed by atoms with E-state index in [-0.39, 0.29) is 11.3 Å². The SMILES string of the molecule is O=C1C(=O)N(CCCN2CCOCC2)C(c2ccc(Br)cc2)/C1=C(/O)c1ccc(Cl)cc1. The number of halogens is 2. The molecule has 6 nitrogen and oxygen atoms in total. The van der Waals surface area contributed by atoms with Gasteiger partial charge in [-0.1, -0.05) is 39.7 Å².